The van der Waals surface area contributed by atoms with Gasteiger partial charge in [-0.25, -0.2) is 0 Å². The zero-order valence-corrected chi connectivity index (χ0v) is 13.1. The summed E-state index contributed by atoms with van der Waals surface area (Å²) in [5.41, 5.74) is -2.92. The van der Waals surface area contributed by atoms with E-state index >= 15 is 0 Å². The van der Waals surface area contributed by atoms with Crippen molar-refractivity contribution in [3.63, 3.8) is 0 Å². The molecule has 0 bridgehead atoms. The molecule has 0 aromatic carbocycles. The highest BCUT2D eigenvalue weighted by Crippen LogP contribution is 2.17. The maximum Gasteiger partial charge on any atom is 0.309 e. The molecular weight excluding hydrogens is 314 g/mol. The number of nitrogens with zero attached hydrogens (tertiary/aromatic N) is 1. The predicted molar refractivity (Wildman–Crippen MR) is 71.9 cm³/mol. The molecule has 10 heteroatoms. The van der Waals surface area contributed by atoms with E-state index in [9.17, 15) is 29.4 Å². The molecule has 0 radical (unpaired) electrons. The average molecular weight is 335 g/mol. The predicted octanol–water partition coefficient (Wildman–Crippen LogP) is -2.58. The number of quaternary nitrogens is 1. The number of carboxylic acids is 3. The summed E-state index contributed by atoms with van der Waals surface area (Å²) in [7, 11) is 5.18. The Bertz CT molecular complexity index is 482. The van der Waals surface area contributed by atoms with Crippen LogP contribution >= 0.6 is 0 Å². The Balaban J connectivity index is 4.99. The normalized spacial score (nSPS) is 15.3. The quantitative estimate of drug-likeness (QED) is 0.287. The monoisotopic (exact) mass is 335 g/mol. The van der Waals surface area contributed by atoms with Crippen LogP contribution in [0.5, 0.6) is 0 Å². The second kappa shape index (κ2) is 7.88. The second-order valence-corrected chi connectivity index (χ2v) is 6.25. The summed E-state index contributed by atoms with van der Waals surface area (Å²) < 4.78 is 5.15. The molecule has 3 N–H and O–H groups in total. The maximum atomic E-state index is 11.8. The van der Waals surface area contributed by atoms with Crippen LogP contribution in [0.2, 0.25) is 0 Å². The van der Waals surface area contributed by atoms with Crippen LogP contribution in [0.4, 0.5) is 0 Å². The van der Waals surface area contributed by atoms with Gasteiger partial charge in [0.25, 0.3) is 0 Å². The van der Waals surface area contributed by atoms with E-state index in [0.29, 0.717) is 0 Å². The molecule has 1 unspecified atom stereocenters. The van der Waals surface area contributed by atoms with Gasteiger partial charge >= 0.3 is 17.9 Å². The van der Waals surface area contributed by atoms with Gasteiger partial charge in [-0.1, -0.05) is 0 Å². The van der Waals surface area contributed by atoms with Crippen molar-refractivity contribution < 1.29 is 48.8 Å². The lowest BCUT2D eigenvalue weighted by Gasteiger charge is -2.30. The van der Waals surface area contributed by atoms with E-state index in [1.165, 1.54) is 0 Å². The first kappa shape index (κ1) is 20.8. The van der Waals surface area contributed by atoms with Crippen molar-refractivity contribution in [1.29, 1.82) is 0 Å². The van der Waals surface area contributed by atoms with Crippen LogP contribution in [0.3, 0.4) is 0 Å². The Labute approximate surface area is 132 Å². The first-order chi connectivity index (χ1) is 10.2. The first-order valence-electron chi connectivity index (χ1n) is 6.62. The van der Waals surface area contributed by atoms with Gasteiger partial charge in [0.2, 0.25) is 0 Å². The summed E-state index contributed by atoms with van der Waals surface area (Å²) in [5, 5.41) is 37.9. The van der Waals surface area contributed by atoms with Gasteiger partial charge in [-0.05, 0) is 0 Å². The van der Waals surface area contributed by atoms with Crippen LogP contribution in [0.1, 0.15) is 19.3 Å². The molecule has 0 saturated carbocycles. The minimum atomic E-state index is -2.92. The molecule has 0 rings (SSSR count). The number of esters is 1. The van der Waals surface area contributed by atoms with Gasteiger partial charge in [0, 0.05) is 0 Å². The molecule has 0 saturated heterocycles. The summed E-state index contributed by atoms with van der Waals surface area (Å²) in [4.78, 5) is 44.0. The fourth-order valence-corrected chi connectivity index (χ4v) is 1.87. The number of likely N-dealkylation sites (N-methyl/N-ethyl adjacent to an activating group) is 1. The molecule has 132 valence electrons. The molecule has 0 amide bonds. The van der Waals surface area contributed by atoms with Crippen molar-refractivity contribution in [2.24, 2.45) is 0 Å². The van der Waals surface area contributed by atoms with Crippen LogP contribution in [0.25, 0.3) is 0 Å². The zero-order chi connectivity index (χ0) is 18.4. The molecule has 23 heavy (non-hydrogen) atoms. The fraction of sp³-hybridized carbons (Fsp3) is 0.692. The minimum absolute atomic E-state index is 0.126. The highest BCUT2D eigenvalue weighted by Gasteiger charge is 2.36. The lowest BCUT2D eigenvalue weighted by molar-refractivity contribution is -0.873. The molecule has 0 aromatic rings. The van der Waals surface area contributed by atoms with E-state index in [0.717, 1.165) is 0 Å². The number of aliphatic carboxylic acids is 3. The van der Waals surface area contributed by atoms with Gasteiger partial charge in [-0.15, -0.1) is 0 Å². The van der Waals surface area contributed by atoms with Gasteiger partial charge < -0.3 is 34.4 Å². The van der Waals surface area contributed by atoms with Crippen molar-refractivity contribution in [3.8, 4) is 0 Å². The summed E-state index contributed by atoms with van der Waals surface area (Å²) in [5.74, 6) is -6.22. The molecule has 0 aliphatic rings. The number of hydrogen-bond donors (Lipinski definition) is 3. The lowest BCUT2D eigenvalue weighted by atomic mass is 9.96. The van der Waals surface area contributed by atoms with Crippen molar-refractivity contribution in [1.82, 2.24) is 0 Å². The number of carbonyl (C=O) groups excluding carboxylic acids is 2. The summed E-state index contributed by atoms with van der Waals surface area (Å²) in [6.07, 6.45) is -3.97. The Morgan fingerprint density at radius 1 is 1.09 bits per heavy atom. The highest BCUT2D eigenvalue weighted by molar-refractivity contribution is 5.87. The molecule has 0 heterocycles. The van der Waals surface area contributed by atoms with Gasteiger partial charge in [0.1, 0.15) is 12.1 Å². The van der Waals surface area contributed by atoms with Crippen molar-refractivity contribution in [2.45, 2.75) is 31.0 Å². The summed E-state index contributed by atoms with van der Waals surface area (Å²) in [6.45, 7) is 0.126. The Kier molecular flexibility index (Phi) is 7.13. The molecule has 2 atom stereocenters. The standard InChI is InChI=1S/C13H21NO9/c1-14(2,3)7-8(4-9(15)16)23-11(19)6-13(22,12(20)21)5-10(17)18/h8,22H,4-7H2,1-3H3,(H2-,15,16,17,18,20,21)/t8-,13?/m1/s1. The smallest absolute Gasteiger partial charge is 0.309 e. The average Bonchev–Trinajstić information content (AvgIpc) is 2.22. The van der Waals surface area contributed by atoms with Crippen molar-refractivity contribution in [3.05, 3.63) is 0 Å². The van der Waals surface area contributed by atoms with Crippen molar-refractivity contribution in [2.75, 3.05) is 27.7 Å². The largest absolute Gasteiger partial charge is 0.547 e. The SMILES string of the molecule is C[N+](C)(C)C[C@@H](CC(=O)O)OC(=O)CC(O)(CC(=O)O)C(=O)[O-]. The molecule has 0 spiro atoms. The van der Waals surface area contributed by atoms with E-state index in [2.05, 4.69) is 0 Å². The molecule has 10 nitrogen and oxygen atoms in total. The summed E-state index contributed by atoms with van der Waals surface area (Å²) in [6, 6.07) is 0. The number of rotatable bonds is 10. The topological polar surface area (TPSA) is 161 Å². The zero-order valence-electron chi connectivity index (χ0n) is 13.1. The third-order valence-electron chi connectivity index (χ3n) is 2.71. The van der Waals surface area contributed by atoms with Crippen molar-refractivity contribution >= 4 is 23.9 Å². The van der Waals surface area contributed by atoms with Gasteiger partial charge in [0.05, 0.1) is 46.4 Å². The van der Waals surface area contributed by atoms with E-state index in [4.69, 9.17) is 14.9 Å². The number of carboxylic acid groups (broad SMARTS) is 3. The van der Waals surface area contributed by atoms with Crippen LogP contribution in [0, 0.1) is 0 Å². The first-order valence-corrected chi connectivity index (χ1v) is 6.62. The van der Waals surface area contributed by atoms with E-state index in [-0.39, 0.29) is 11.0 Å². The van der Waals surface area contributed by atoms with Gasteiger partial charge in [0.15, 0.2) is 6.10 Å². The summed E-state index contributed by atoms with van der Waals surface area (Å²) >= 11 is 0. The number of aliphatic hydroxyl groups is 1. The van der Waals surface area contributed by atoms with Gasteiger partial charge in [-0.3, -0.25) is 14.4 Å². The lowest BCUT2D eigenvalue weighted by Crippen LogP contribution is -2.51. The van der Waals surface area contributed by atoms with Crippen LogP contribution in [-0.4, -0.2) is 83.1 Å². The van der Waals surface area contributed by atoms with E-state index < -0.39 is 54.8 Å². The van der Waals surface area contributed by atoms with Crippen LogP contribution in [0.15, 0.2) is 0 Å². The Morgan fingerprint density at radius 2 is 1.61 bits per heavy atom. The minimum Gasteiger partial charge on any atom is -0.547 e. The fourth-order valence-electron chi connectivity index (χ4n) is 1.87. The second-order valence-electron chi connectivity index (χ2n) is 6.25. The molecule has 0 aromatic heterocycles. The van der Waals surface area contributed by atoms with Crippen LogP contribution in [-0.2, 0) is 23.9 Å². The maximum absolute atomic E-state index is 11.8. The Morgan fingerprint density at radius 3 is 1.96 bits per heavy atom. The van der Waals surface area contributed by atoms with Gasteiger partial charge in [-0.2, -0.15) is 0 Å². The Hall–Kier alpha value is -2.20. The molecule has 0 aliphatic carbocycles. The van der Waals surface area contributed by atoms with E-state index in [1.54, 1.807) is 21.1 Å². The molecule has 0 aliphatic heterocycles. The molecular formula is C13H21NO9. The third kappa shape index (κ3) is 8.73. The van der Waals surface area contributed by atoms with E-state index in [1.807, 2.05) is 0 Å². The number of carbonyl (C=O) groups is 4. The number of hydrogen-bond acceptors (Lipinski definition) is 7. The number of ether oxygens (including phenoxy) is 1. The highest BCUT2D eigenvalue weighted by atomic mass is 16.5. The van der Waals surface area contributed by atoms with Crippen LogP contribution < -0.4 is 5.11 Å². The third-order valence-corrected chi connectivity index (χ3v) is 2.71. The molecule has 0 fully saturated rings.